The molecule has 0 amide bonds. The number of rotatable bonds is 2. The predicted octanol–water partition coefficient (Wildman–Crippen LogP) is 2.13. The molecule has 0 fully saturated rings. The van der Waals surface area contributed by atoms with Gasteiger partial charge in [-0.25, -0.2) is 4.79 Å². The number of nitrogens with zero attached hydrogens (tertiary/aromatic N) is 1. The van der Waals surface area contributed by atoms with Crippen LogP contribution in [-0.2, 0) is 4.79 Å². The van der Waals surface area contributed by atoms with Crippen LogP contribution in [0.25, 0.3) is 0 Å². The molecule has 98 valence electrons. The SMILES string of the molecule is O=C(O)[C@H]1Nc2ccc([N+](=O)[O-])cc2[C@H]2C=CC[C@@H]12. The van der Waals surface area contributed by atoms with Gasteiger partial charge in [0.25, 0.3) is 5.69 Å². The Labute approximate surface area is 108 Å². The first-order valence-corrected chi connectivity index (χ1v) is 6.02. The molecule has 0 bridgehead atoms. The van der Waals surface area contributed by atoms with E-state index in [1.807, 2.05) is 12.2 Å². The van der Waals surface area contributed by atoms with Gasteiger partial charge >= 0.3 is 5.97 Å². The van der Waals surface area contributed by atoms with Gasteiger partial charge in [-0.2, -0.15) is 0 Å². The number of nitrogens with one attached hydrogen (secondary N) is 1. The summed E-state index contributed by atoms with van der Waals surface area (Å²) in [6, 6.07) is 3.87. The highest BCUT2D eigenvalue weighted by Crippen LogP contribution is 2.45. The maximum Gasteiger partial charge on any atom is 0.326 e. The summed E-state index contributed by atoms with van der Waals surface area (Å²) < 4.78 is 0. The fraction of sp³-hybridized carbons (Fsp3) is 0.308. The number of carbonyl (C=O) groups is 1. The topological polar surface area (TPSA) is 92.5 Å². The van der Waals surface area contributed by atoms with E-state index in [2.05, 4.69) is 5.32 Å². The fourth-order valence-corrected chi connectivity index (χ4v) is 2.94. The van der Waals surface area contributed by atoms with Crippen LogP contribution in [0.1, 0.15) is 17.9 Å². The summed E-state index contributed by atoms with van der Waals surface area (Å²) in [4.78, 5) is 21.7. The van der Waals surface area contributed by atoms with Crippen molar-refractivity contribution in [3.8, 4) is 0 Å². The van der Waals surface area contributed by atoms with Gasteiger partial charge < -0.3 is 10.4 Å². The minimum absolute atomic E-state index is 0.0355. The van der Waals surface area contributed by atoms with Crippen LogP contribution >= 0.6 is 0 Å². The largest absolute Gasteiger partial charge is 0.480 e. The summed E-state index contributed by atoms with van der Waals surface area (Å²) in [5, 5.41) is 23.1. The summed E-state index contributed by atoms with van der Waals surface area (Å²) in [6.07, 6.45) is 4.57. The van der Waals surface area contributed by atoms with Gasteiger partial charge in [-0.3, -0.25) is 10.1 Å². The number of non-ortho nitro benzene ring substituents is 1. The first-order chi connectivity index (χ1) is 9.08. The average molecular weight is 260 g/mol. The Morgan fingerprint density at radius 3 is 2.95 bits per heavy atom. The lowest BCUT2D eigenvalue weighted by molar-refractivity contribution is -0.384. The molecule has 0 saturated carbocycles. The molecule has 0 spiro atoms. The van der Waals surface area contributed by atoms with Crippen molar-refractivity contribution in [2.24, 2.45) is 5.92 Å². The zero-order valence-corrected chi connectivity index (χ0v) is 9.95. The molecule has 6 nitrogen and oxygen atoms in total. The maximum absolute atomic E-state index is 11.3. The number of benzene rings is 1. The minimum atomic E-state index is -0.886. The Morgan fingerprint density at radius 1 is 1.47 bits per heavy atom. The molecular formula is C13H12N2O4. The van der Waals surface area contributed by atoms with E-state index in [4.69, 9.17) is 0 Å². The van der Waals surface area contributed by atoms with E-state index in [1.165, 1.54) is 12.1 Å². The van der Waals surface area contributed by atoms with Crippen LogP contribution in [0.5, 0.6) is 0 Å². The minimum Gasteiger partial charge on any atom is -0.480 e. The van der Waals surface area contributed by atoms with Crippen molar-refractivity contribution in [2.75, 3.05) is 5.32 Å². The molecule has 3 atom stereocenters. The first-order valence-electron chi connectivity index (χ1n) is 6.02. The summed E-state index contributed by atoms with van der Waals surface area (Å²) in [5.74, 6) is -1.02. The predicted molar refractivity (Wildman–Crippen MR) is 68.1 cm³/mol. The van der Waals surface area contributed by atoms with Gasteiger partial charge in [0.15, 0.2) is 0 Å². The van der Waals surface area contributed by atoms with Crippen molar-refractivity contribution in [1.82, 2.24) is 0 Å². The van der Waals surface area contributed by atoms with E-state index in [-0.39, 0.29) is 17.5 Å². The van der Waals surface area contributed by atoms with Gasteiger partial charge in [0, 0.05) is 29.7 Å². The molecule has 1 aliphatic carbocycles. The monoisotopic (exact) mass is 260 g/mol. The normalized spacial score (nSPS) is 27.3. The van der Waals surface area contributed by atoms with Gasteiger partial charge in [-0.05, 0) is 18.1 Å². The lowest BCUT2D eigenvalue weighted by atomic mass is 9.79. The second-order valence-electron chi connectivity index (χ2n) is 4.84. The van der Waals surface area contributed by atoms with Crippen LogP contribution in [0.4, 0.5) is 11.4 Å². The maximum atomic E-state index is 11.3. The molecule has 2 N–H and O–H groups in total. The Bertz CT molecular complexity index is 596. The molecule has 0 aromatic heterocycles. The average Bonchev–Trinajstić information content (AvgIpc) is 2.86. The van der Waals surface area contributed by atoms with Crippen molar-refractivity contribution in [2.45, 2.75) is 18.4 Å². The zero-order chi connectivity index (χ0) is 13.6. The van der Waals surface area contributed by atoms with Gasteiger partial charge in [-0.1, -0.05) is 12.2 Å². The highest BCUT2D eigenvalue weighted by molar-refractivity contribution is 5.81. The van der Waals surface area contributed by atoms with E-state index in [1.54, 1.807) is 6.07 Å². The number of fused-ring (bicyclic) bond motifs is 3. The van der Waals surface area contributed by atoms with Crippen LogP contribution in [0.2, 0.25) is 0 Å². The number of hydrogen-bond acceptors (Lipinski definition) is 4. The second kappa shape index (κ2) is 4.08. The Balaban J connectivity index is 2.08. The van der Waals surface area contributed by atoms with Crippen molar-refractivity contribution in [1.29, 1.82) is 0 Å². The number of carboxylic acid groups (broad SMARTS) is 1. The van der Waals surface area contributed by atoms with Crippen LogP contribution in [0.3, 0.4) is 0 Å². The van der Waals surface area contributed by atoms with Gasteiger partial charge in [0.05, 0.1) is 4.92 Å². The van der Waals surface area contributed by atoms with Crippen molar-refractivity contribution < 1.29 is 14.8 Å². The third kappa shape index (κ3) is 1.76. The summed E-state index contributed by atoms with van der Waals surface area (Å²) >= 11 is 0. The third-order valence-corrected chi connectivity index (χ3v) is 3.82. The van der Waals surface area contributed by atoms with Crippen molar-refractivity contribution in [3.63, 3.8) is 0 Å². The van der Waals surface area contributed by atoms with Crippen LogP contribution < -0.4 is 5.32 Å². The highest BCUT2D eigenvalue weighted by atomic mass is 16.6. The van der Waals surface area contributed by atoms with E-state index < -0.39 is 16.9 Å². The number of nitro benzene ring substituents is 1. The molecule has 0 unspecified atom stereocenters. The molecule has 1 aromatic rings. The number of nitro groups is 1. The van der Waals surface area contributed by atoms with Crippen LogP contribution in [0.15, 0.2) is 30.4 Å². The van der Waals surface area contributed by atoms with E-state index in [0.29, 0.717) is 12.1 Å². The molecule has 19 heavy (non-hydrogen) atoms. The smallest absolute Gasteiger partial charge is 0.326 e. The second-order valence-corrected chi connectivity index (χ2v) is 4.84. The molecule has 0 saturated heterocycles. The fourth-order valence-electron chi connectivity index (χ4n) is 2.94. The quantitative estimate of drug-likeness (QED) is 0.482. The molecular weight excluding hydrogens is 248 g/mol. The molecule has 3 rings (SSSR count). The number of anilines is 1. The van der Waals surface area contributed by atoms with Crippen LogP contribution in [0, 0.1) is 16.0 Å². The number of allylic oxidation sites excluding steroid dienone is 2. The lowest BCUT2D eigenvalue weighted by Gasteiger charge is -2.34. The Morgan fingerprint density at radius 2 is 2.26 bits per heavy atom. The first kappa shape index (κ1) is 11.7. The summed E-state index contributed by atoms with van der Waals surface area (Å²) in [5.41, 5.74) is 1.52. The standard InChI is InChI=1S/C13H12N2O4/c16-13(17)12-9-3-1-2-8(9)10-6-7(15(18)19)4-5-11(10)14-12/h1-2,4-6,8-9,12,14H,3H2,(H,16,17)/t8-,9+,12-/m0/s1. The highest BCUT2D eigenvalue weighted by Gasteiger charge is 2.41. The zero-order valence-electron chi connectivity index (χ0n) is 9.95. The van der Waals surface area contributed by atoms with E-state index in [9.17, 15) is 20.0 Å². The van der Waals surface area contributed by atoms with Gasteiger partial charge in [-0.15, -0.1) is 0 Å². The lowest BCUT2D eigenvalue weighted by Crippen LogP contribution is -2.41. The number of aliphatic carboxylic acids is 1. The molecule has 2 aliphatic rings. The van der Waals surface area contributed by atoms with E-state index in [0.717, 1.165) is 5.56 Å². The van der Waals surface area contributed by atoms with Crippen LogP contribution in [-0.4, -0.2) is 22.0 Å². The molecule has 1 heterocycles. The van der Waals surface area contributed by atoms with Gasteiger partial charge in [0.1, 0.15) is 6.04 Å². The van der Waals surface area contributed by atoms with E-state index >= 15 is 0 Å². The molecule has 1 aliphatic heterocycles. The number of carboxylic acids is 1. The molecule has 1 aromatic carbocycles. The Kier molecular flexibility index (Phi) is 2.51. The molecule has 0 radical (unpaired) electrons. The van der Waals surface area contributed by atoms with Gasteiger partial charge in [0.2, 0.25) is 0 Å². The number of hydrogen-bond donors (Lipinski definition) is 2. The van der Waals surface area contributed by atoms with Crippen molar-refractivity contribution in [3.05, 3.63) is 46.0 Å². The Hall–Kier alpha value is -2.37. The van der Waals surface area contributed by atoms with Crippen molar-refractivity contribution >= 4 is 17.3 Å². The molecule has 6 heteroatoms. The third-order valence-electron chi connectivity index (χ3n) is 3.82. The summed E-state index contributed by atoms with van der Waals surface area (Å²) in [6.45, 7) is 0. The summed E-state index contributed by atoms with van der Waals surface area (Å²) in [7, 11) is 0.